The largest absolute Gasteiger partial charge is 0.320 e. The molecule has 2 aromatic rings. The first-order valence-electron chi connectivity index (χ1n) is 5.64. The molecule has 1 heterocycles. The molecule has 0 spiro atoms. The molecule has 0 unspecified atom stereocenters. The van der Waals surface area contributed by atoms with E-state index in [4.69, 9.17) is 5.73 Å². The number of carbonyl (C=O) groups is 1. The molecule has 0 aliphatic carbocycles. The second-order valence-electron chi connectivity index (χ2n) is 3.76. The summed E-state index contributed by atoms with van der Waals surface area (Å²) in [5, 5.41) is 13.2. The monoisotopic (exact) mass is 274 g/mol. The summed E-state index contributed by atoms with van der Waals surface area (Å²) in [5.74, 6) is 3.94. The average molecular weight is 274 g/mol. The van der Waals surface area contributed by atoms with Crippen molar-refractivity contribution in [1.29, 1.82) is 0 Å². The lowest BCUT2D eigenvalue weighted by Gasteiger charge is -2.02. The Kier molecular flexibility index (Phi) is 4.02. The third kappa shape index (κ3) is 3.15. The summed E-state index contributed by atoms with van der Waals surface area (Å²) >= 11 is 0. The second kappa shape index (κ2) is 5.90. The maximum Gasteiger partial charge on any atom is 0.270 e. The minimum Gasteiger partial charge on any atom is -0.320 e. The Bertz CT molecular complexity index is 699. The van der Waals surface area contributed by atoms with Crippen LogP contribution in [0.15, 0.2) is 18.2 Å². The molecule has 3 N–H and O–H groups in total. The summed E-state index contributed by atoms with van der Waals surface area (Å²) in [6.45, 7) is 0.183. The molecule has 1 aromatic carbocycles. The van der Waals surface area contributed by atoms with Crippen LogP contribution in [0.1, 0.15) is 15.9 Å². The van der Waals surface area contributed by atoms with E-state index in [1.807, 2.05) is 0 Å². The van der Waals surface area contributed by atoms with Crippen LogP contribution in [0.4, 0.5) is 10.3 Å². The van der Waals surface area contributed by atoms with Crippen molar-refractivity contribution in [3.05, 3.63) is 35.1 Å². The van der Waals surface area contributed by atoms with Gasteiger partial charge in [0, 0.05) is 5.56 Å². The van der Waals surface area contributed by atoms with Gasteiger partial charge >= 0.3 is 0 Å². The van der Waals surface area contributed by atoms with Crippen molar-refractivity contribution in [3.8, 4) is 11.8 Å². The van der Waals surface area contributed by atoms with Crippen LogP contribution in [0.3, 0.4) is 0 Å². The molecular formula is C12H11FN6O. The van der Waals surface area contributed by atoms with Gasteiger partial charge in [0.2, 0.25) is 0 Å². The van der Waals surface area contributed by atoms with Gasteiger partial charge in [-0.1, -0.05) is 16.9 Å². The Labute approximate surface area is 114 Å². The molecule has 0 saturated carbocycles. The number of hydrogen-bond donors (Lipinski definition) is 2. The third-order valence-corrected chi connectivity index (χ3v) is 2.28. The number of benzene rings is 1. The van der Waals surface area contributed by atoms with E-state index in [1.54, 1.807) is 7.05 Å². The van der Waals surface area contributed by atoms with Gasteiger partial charge in [0.05, 0.1) is 19.2 Å². The lowest BCUT2D eigenvalue weighted by atomic mass is 10.1. The summed E-state index contributed by atoms with van der Waals surface area (Å²) in [6, 6.07) is 4.04. The molecule has 1 amide bonds. The van der Waals surface area contributed by atoms with Crippen LogP contribution in [-0.2, 0) is 7.05 Å². The number of aryl methyl sites for hydroxylation is 1. The van der Waals surface area contributed by atoms with Crippen LogP contribution < -0.4 is 11.1 Å². The summed E-state index contributed by atoms with van der Waals surface area (Å²) in [5.41, 5.74) is 5.54. The lowest BCUT2D eigenvalue weighted by Crippen LogP contribution is -2.15. The van der Waals surface area contributed by atoms with Gasteiger partial charge in [0.15, 0.2) is 0 Å². The first kappa shape index (κ1) is 13.6. The maximum atomic E-state index is 13.8. The number of hydrogen-bond acceptors (Lipinski definition) is 5. The van der Waals surface area contributed by atoms with Crippen molar-refractivity contribution < 1.29 is 9.18 Å². The van der Waals surface area contributed by atoms with Crippen molar-refractivity contribution in [2.75, 3.05) is 11.9 Å². The molecule has 7 nitrogen and oxygen atoms in total. The highest BCUT2D eigenvalue weighted by molar-refractivity contribution is 6.03. The van der Waals surface area contributed by atoms with Gasteiger partial charge in [0.25, 0.3) is 11.9 Å². The smallest absolute Gasteiger partial charge is 0.270 e. The summed E-state index contributed by atoms with van der Waals surface area (Å²) in [6.07, 6.45) is 0. The first-order chi connectivity index (χ1) is 9.60. The second-order valence-corrected chi connectivity index (χ2v) is 3.76. The number of nitrogens with two attached hydrogens (primary N) is 1. The van der Waals surface area contributed by atoms with Crippen LogP contribution in [0, 0.1) is 17.7 Å². The van der Waals surface area contributed by atoms with E-state index in [-0.39, 0.29) is 18.1 Å². The zero-order chi connectivity index (χ0) is 14.5. The molecule has 102 valence electrons. The predicted molar refractivity (Wildman–Crippen MR) is 69.1 cm³/mol. The minimum atomic E-state index is -0.685. The fraction of sp³-hybridized carbons (Fsp3) is 0.167. The highest BCUT2D eigenvalue weighted by Crippen LogP contribution is 2.11. The van der Waals surface area contributed by atoms with E-state index in [0.717, 1.165) is 0 Å². The van der Waals surface area contributed by atoms with Gasteiger partial charge in [0.1, 0.15) is 5.82 Å². The summed E-state index contributed by atoms with van der Waals surface area (Å²) in [7, 11) is 1.55. The van der Waals surface area contributed by atoms with E-state index in [0.29, 0.717) is 5.56 Å². The number of nitrogens with zero attached hydrogens (tertiary/aromatic N) is 4. The molecule has 1 aromatic heterocycles. The number of halogens is 1. The Morgan fingerprint density at radius 3 is 2.95 bits per heavy atom. The molecule has 0 fully saturated rings. The number of nitrogens with one attached hydrogen (secondary N) is 1. The normalized spacial score (nSPS) is 9.75. The fourth-order valence-corrected chi connectivity index (χ4v) is 1.43. The van der Waals surface area contributed by atoms with Crippen LogP contribution in [0.25, 0.3) is 0 Å². The number of tetrazole rings is 1. The van der Waals surface area contributed by atoms with E-state index >= 15 is 0 Å². The van der Waals surface area contributed by atoms with Crippen molar-refractivity contribution >= 4 is 11.9 Å². The van der Waals surface area contributed by atoms with Crippen molar-refractivity contribution in [2.24, 2.45) is 12.8 Å². The molecule has 0 aliphatic rings. The van der Waals surface area contributed by atoms with Gasteiger partial charge in [-0.2, -0.15) is 4.80 Å². The number of carbonyl (C=O) groups excluding carboxylic acids is 1. The van der Waals surface area contributed by atoms with Crippen LogP contribution >= 0.6 is 0 Å². The molecule has 20 heavy (non-hydrogen) atoms. The number of rotatable bonds is 2. The van der Waals surface area contributed by atoms with Crippen LogP contribution in [0.2, 0.25) is 0 Å². The predicted octanol–water partition coefficient (Wildman–Crippen LogP) is -0.0883. The van der Waals surface area contributed by atoms with Gasteiger partial charge in [-0.15, -0.1) is 5.10 Å². The summed E-state index contributed by atoms with van der Waals surface area (Å²) < 4.78 is 13.8. The zero-order valence-electron chi connectivity index (χ0n) is 10.6. The Morgan fingerprint density at radius 1 is 1.55 bits per heavy atom. The summed E-state index contributed by atoms with van der Waals surface area (Å²) in [4.78, 5) is 13.0. The quantitative estimate of drug-likeness (QED) is 0.746. The first-order valence-corrected chi connectivity index (χ1v) is 5.64. The number of amides is 1. The topological polar surface area (TPSA) is 98.7 Å². The molecule has 0 saturated heterocycles. The molecule has 2 rings (SSSR count). The molecule has 0 aliphatic heterocycles. The standard InChI is InChI=1S/C12H11FN6O/c1-19-17-12(16-18-19)15-11(20)9-5-4-8(3-2-6-14)7-10(9)13/h4-5,7H,6,14H2,1H3,(H,15,17,20). The van der Waals surface area contributed by atoms with Crippen LogP contribution in [0.5, 0.6) is 0 Å². The highest BCUT2D eigenvalue weighted by Gasteiger charge is 2.14. The zero-order valence-corrected chi connectivity index (χ0v) is 10.6. The van der Waals surface area contributed by atoms with Crippen LogP contribution in [-0.4, -0.2) is 32.7 Å². The van der Waals surface area contributed by atoms with E-state index < -0.39 is 11.7 Å². The van der Waals surface area contributed by atoms with E-state index in [2.05, 4.69) is 32.6 Å². The molecule has 0 radical (unpaired) electrons. The molecular weight excluding hydrogens is 263 g/mol. The van der Waals surface area contributed by atoms with Gasteiger partial charge in [-0.25, -0.2) is 4.39 Å². The van der Waals surface area contributed by atoms with Gasteiger partial charge in [-0.05, 0) is 23.4 Å². The van der Waals surface area contributed by atoms with Gasteiger partial charge < -0.3 is 5.73 Å². The van der Waals surface area contributed by atoms with E-state index in [1.165, 1.54) is 23.0 Å². The fourth-order valence-electron chi connectivity index (χ4n) is 1.43. The van der Waals surface area contributed by atoms with Crippen molar-refractivity contribution in [3.63, 3.8) is 0 Å². The van der Waals surface area contributed by atoms with Gasteiger partial charge in [-0.3, -0.25) is 10.1 Å². The molecule has 8 heteroatoms. The highest BCUT2D eigenvalue weighted by atomic mass is 19.1. The molecule has 0 bridgehead atoms. The molecule has 0 atom stereocenters. The Hall–Kier alpha value is -2.79. The third-order valence-electron chi connectivity index (χ3n) is 2.28. The lowest BCUT2D eigenvalue weighted by molar-refractivity contribution is 0.102. The Morgan fingerprint density at radius 2 is 2.35 bits per heavy atom. The van der Waals surface area contributed by atoms with Crippen molar-refractivity contribution in [1.82, 2.24) is 20.2 Å². The minimum absolute atomic E-state index is 0.00361. The maximum absolute atomic E-state index is 13.8. The van der Waals surface area contributed by atoms with E-state index in [9.17, 15) is 9.18 Å². The Balaban J connectivity index is 2.18. The average Bonchev–Trinajstić information content (AvgIpc) is 2.81. The van der Waals surface area contributed by atoms with Crippen molar-refractivity contribution in [2.45, 2.75) is 0 Å². The SMILES string of the molecule is Cn1nnc(NC(=O)c2ccc(C#CCN)cc2F)n1. The number of anilines is 1. The number of aromatic nitrogens is 4.